The number of nitrogens with zero attached hydrogens (tertiary/aromatic N) is 4. The van der Waals surface area contributed by atoms with Gasteiger partial charge in [-0.3, -0.25) is 5.10 Å². The standard InChI is InChI=1S/C12H13N5O2S/c1-17(7-12-14-9-15-16-12)20(18,19)8-11-4-2-10(6-13)3-5-11/h2-5,9H,7-8H2,1H3,(H,14,15,16). The molecule has 104 valence electrons. The monoisotopic (exact) mass is 291 g/mol. The Morgan fingerprint density at radius 1 is 1.35 bits per heavy atom. The van der Waals surface area contributed by atoms with E-state index in [1.165, 1.54) is 17.7 Å². The van der Waals surface area contributed by atoms with Gasteiger partial charge in [0.05, 0.1) is 23.9 Å². The van der Waals surface area contributed by atoms with Gasteiger partial charge >= 0.3 is 0 Å². The van der Waals surface area contributed by atoms with E-state index in [-0.39, 0.29) is 12.3 Å². The summed E-state index contributed by atoms with van der Waals surface area (Å²) in [5.74, 6) is 0.361. The number of aromatic amines is 1. The van der Waals surface area contributed by atoms with E-state index < -0.39 is 10.0 Å². The van der Waals surface area contributed by atoms with Gasteiger partial charge in [-0.05, 0) is 17.7 Å². The molecular formula is C12H13N5O2S. The molecule has 0 fully saturated rings. The van der Waals surface area contributed by atoms with Crippen LogP contribution in [0, 0.1) is 11.3 Å². The summed E-state index contributed by atoms with van der Waals surface area (Å²) in [4.78, 5) is 3.89. The lowest BCUT2D eigenvalue weighted by Crippen LogP contribution is -2.28. The minimum absolute atomic E-state index is 0.122. The molecule has 1 N–H and O–H groups in total. The van der Waals surface area contributed by atoms with Crippen molar-refractivity contribution in [2.45, 2.75) is 12.3 Å². The molecule has 2 rings (SSSR count). The van der Waals surface area contributed by atoms with Crippen LogP contribution in [-0.2, 0) is 22.3 Å². The van der Waals surface area contributed by atoms with Gasteiger partial charge in [-0.15, -0.1) is 0 Å². The highest BCUT2D eigenvalue weighted by Crippen LogP contribution is 2.12. The smallest absolute Gasteiger partial charge is 0.218 e. The first kappa shape index (κ1) is 14.2. The first-order chi connectivity index (χ1) is 9.51. The number of sulfonamides is 1. The van der Waals surface area contributed by atoms with Gasteiger partial charge in [-0.1, -0.05) is 12.1 Å². The van der Waals surface area contributed by atoms with Gasteiger partial charge in [-0.25, -0.2) is 13.4 Å². The SMILES string of the molecule is CN(Cc1ncn[nH]1)S(=O)(=O)Cc1ccc(C#N)cc1. The molecule has 0 aliphatic heterocycles. The van der Waals surface area contributed by atoms with Crippen LogP contribution >= 0.6 is 0 Å². The van der Waals surface area contributed by atoms with Gasteiger partial charge in [0.2, 0.25) is 10.0 Å². The molecule has 0 unspecified atom stereocenters. The molecule has 0 atom stereocenters. The summed E-state index contributed by atoms with van der Waals surface area (Å²) in [6.45, 7) is 0.138. The van der Waals surface area contributed by atoms with E-state index in [9.17, 15) is 8.42 Å². The topological polar surface area (TPSA) is 103 Å². The van der Waals surface area contributed by atoms with Crippen molar-refractivity contribution in [2.75, 3.05) is 7.05 Å². The van der Waals surface area contributed by atoms with Gasteiger partial charge in [0.1, 0.15) is 12.2 Å². The van der Waals surface area contributed by atoms with Gasteiger partial charge in [0.15, 0.2) is 0 Å². The van der Waals surface area contributed by atoms with Crippen LogP contribution in [0.2, 0.25) is 0 Å². The third kappa shape index (κ3) is 3.40. The summed E-state index contributed by atoms with van der Waals surface area (Å²) >= 11 is 0. The van der Waals surface area contributed by atoms with Crippen LogP contribution in [0.3, 0.4) is 0 Å². The van der Waals surface area contributed by atoms with Crippen LogP contribution in [0.25, 0.3) is 0 Å². The molecule has 7 nitrogen and oxygen atoms in total. The average molecular weight is 291 g/mol. The Labute approximate surface area is 116 Å². The van der Waals surface area contributed by atoms with Crippen LogP contribution in [0.4, 0.5) is 0 Å². The zero-order valence-electron chi connectivity index (χ0n) is 10.8. The second-order valence-corrected chi connectivity index (χ2v) is 6.33. The molecule has 8 heteroatoms. The molecule has 20 heavy (non-hydrogen) atoms. The predicted molar refractivity (Wildman–Crippen MR) is 71.6 cm³/mol. The maximum Gasteiger partial charge on any atom is 0.218 e. The number of benzene rings is 1. The Balaban J connectivity index is 2.08. The van der Waals surface area contributed by atoms with E-state index in [1.54, 1.807) is 24.3 Å². The van der Waals surface area contributed by atoms with Crippen LogP contribution in [-0.4, -0.2) is 35.0 Å². The lowest BCUT2D eigenvalue weighted by molar-refractivity contribution is 0.456. The second-order valence-electron chi connectivity index (χ2n) is 4.25. The third-order valence-electron chi connectivity index (χ3n) is 2.74. The molecular weight excluding hydrogens is 278 g/mol. The number of hydrogen-bond acceptors (Lipinski definition) is 5. The highest BCUT2D eigenvalue weighted by atomic mass is 32.2. The lowest BCUT2D eigenvalue weighted by Gasteiger charge is -2.15. The number of nitriles is 1. The Kier molecular flexibility index (Phi) is 4.12. The summed E-state index contributed by atoms with van der Waals surface area (Å²) < 4.78 is 25.6. The van der Waals surface area contributed by atoms with Gasteiger partial charge in [0, 0.05) is 7.05 Å². The first-order valence-corrected chi connectivity index (χ1v) is 7.39. The molecule has 0 saturated heterocycles. The molecule has 1 heterocycles. The summed E-state index contributed by atoms with van der Waals surface area (Å²) in [6, 6.07) is 8.46. The highest BCUT2D eigenvalue weighted by molar-refractivity contribution is 7.88. The van der Waals surface area contributed by atoms with Crippen LogP contribution in [0.5, 0.6) is 0 Å². The highest BCUT2D eigenvalue weighted by Gasteiger charge is 2.19. The van der Waals surface area contributed by atoms with Crippen molar-refractivity contribution in [3.8, 4) is 6.07 Å². The molecule has 0 spiro atoms. The van der Waals surface area contributed by atoms with Crippen molar-refractivity contribution in [2.24, 2.45) is 0 Å². The summed E-state index contributed by atoms with van der Waals surface area (Å²) in [5, 5.41) is 15.0. The minimum Gasteiger partial charge on any atom is -0.262 e. The molecule has 0 amide bonds. The number of hydrogen-bond donors (Lipinski definition) is 1. The predicted octanol–water partition coefficient (Wildman–Crippen LogP) is 0.638. The Morgan fingerprint density at radius 3 is 2.60 bits per heavy atom. The van der Waals surface area contributed by atoms with E-state index in [0.717, 1.165) is 0 Å². The zero-order valence-corrected chi connectivity index (χ0v) is 11.6. The van der Waals surface area contributed by atoms with Crippen molar-refractivity contribution in [1.29, 1.82) is 5.26 Å². The van der Waals surface area contributed by atoms with Crippen molar-refractivity contribution in [3.05, 3.63) is 47.5 Å². The van der Waals surface area contributed by atoms with E-state index in [4.69, 9.17) is 5.26 Å². The molecule has 2 aromatic rings. The van der Waals surface area contributed by atoms with Crippen molar-refractivity contribution < 1.29 is 8.42 Å². The zero-order chi connectivity index (χ0) is 14.6. The fourth-order valence-electron chi connectivity index (χ4n) is 1.61. The molecule has 1 aromatic heterocycles. The first-order valence-electron chi connectivity index (χ1n) is 5.78. The number of aromatic nitrogens is 3. The van der Waals surface area contributed by atoms with Gasteiger partial charge < -0.3 is 0 Å². The maximum absolute atomic E-state index is 12.2. The van der Waals surface area contributed by atoms with Gasteiger partial charge in [0.25, 0.3) is 0 Å². The van der Waals surface area contributed by atoms with Crippen LogP contribution in [0.1, 0.15) is 17.0 Å². The summed E-state index contributed by atoms with van der Waals surface area (Å²) in [7, 11) is -1.96. The van der Waals surface area contributed by atoms with Crippen molar-refractivity contribution in [3.63, 3.8) is 0 Å². The maximum atomic E-state index is 12.2. The normalized spacial score (nSPS) is 11.4. The van der Waals surface area contributed by atoms with E-state index in [2.05, 4.69) is 15.2 Å². The number of nitrogens with one attached hydrogen (secondary N) is 1. The summed E-state index contributed by atoms with van der Waals surface area (Å²) in [5.41, 5.74) is 1.13. The van der Waals surface area contributed by atoms with Crippen molar-refractivity contribution in [1.82, 2.24) is 19.5 Å². The molecule has 0 aliphatic rings. The largest absolute Gasteiger partial charge is 0.262 e. The van der Waals surface area contributed by atoms with Crippen molar-refractivity contribution >= 4 is 10.0 Å². The Hall–Kier alpha value is -2.24. The average Bonchev–Trinajstić information content (AvgIpc) is 2.92. The molecule has 0 aliphatic carbocycles. The molecule has 0 bridgehead atoms. The van der Waals surface area contributed by atoms with E-state index >= 15 is 0 Å². The second kappa shape index (κ2) is 5.81. The van der Waals surface area contributed by atoms with Crippen LogP contribution in [0.15, 0.2) is 30.6 Å². The van der Waals surface area contributed by atoms with Gasteiger partial charge in [-0.2, -0.15) is 14.7 Å². The van der Waals surface area contributed by atoms with Crippen LogP contribution < -0.4 is 0 Å². The fraction of sp³-hybridized carbons (Fsp3) is 0.250. The summed E-state index contributed by atoms with van der Waals surface area (Å²) in [6.07, 6.45) is 1.33. The fourth-order valence-corrected chi connectivity index (χ4v) is 2.77. The Morgan fingerprint density at radius 2 is 2.05 bits per heavy atom. The minimum atomic E-state index is -3.45. The van der Waals surface area contributed by atoms with E-state index in [0.29, 0.717) is 17.0 Å². The number of rotatable bonds is 5. The molecule has 0 radical (unpaired) electrons. The molecule has 1 aromatic carbocycles. The van der Waals surface area contributed by atoms with E-state index in [1.807, 2.05) is 6.07 Å². The quantitative estimate of drug-likeness (QED) is 0.870. The number of H-pyrrole nitrogens is 1. The lowest BCUT2D eigenvalue weighted by atomic mass is 10.2. The third-order valence-corrected chi connectivity index (χ3v) is 4.52. The molecule has 0 saturated carbocycles. The Bertz CT molecular complexity index is 701.